The molecule has 0 atom stereocenters. The maximum atomic E-state index is 11.9. The van der Waals surface area contributed by atoms with Gasteiger partial charge in [-0.05, 0) is 49.7 Å². The predicted octanol–water partition coefficient (Wildman–Crippen LogP) is 3.34. The minimum absolute atomic E-state index is 0.0701. The highest BCUT2D eigenvalue weighted by Crippen LogP contribution is 2.33. The fraction of sp³-hybridized carbons (Fsp3) is 0.200. The topological polar surface area (TPSA) is 45.8 Å². The Morgan fingerprint density at radius 1 is 1.53 bits per heavy atom. The second-order valence-electron chi connectivity index (χ2n) is 3.25. The molecule has 0 saturated carbocycles. The molecule has 1 aliphatic heterocycles. The smallest absolute Gasteiger partial charge is 0.266 e. The number of rotatable bonds is 1. The van der Waals surface area contributed by atoms with Crippen LogP contribution in [0.4, 0.5) is 0 Å². The summed E-state index contributed by atoms with van der Waals surface area (Å²) in [6, 6.07) is 1.80. The minimum atomic E-state index is -0.0701. The first-order chi connectivity index (χ1) is 8.02. The van der Waals surface area contributed by atoms with Crippen LogP contribution < -0.4 is 0 Å². The SMILES string of the molecule is CN=C1S/C(=C/c2cc(Br)c(Br)o2)C(=O)N1C. The van der Waals surface area contributed by atoms with Crippen molar-refractivity contribution in [2.75, 3.05) is 14.1 Å². The van der Waals surface area contributed by atoms with Crippen molar-refractivity contribution in [3.63, 3.8) is 0 Å². The normalized spacial score (nSPS) is 20.9. The fourth-order valence-corrected chi connectivity index (χ4v) is 2.83. The molecule has 4 nitrogen and oxygen atoms in total. The number of nitrogens with zero attached hydrogens (tertiary/aromatic N) is 2. The van der Waals surface area contributed by atoms with Gasteiger partial charge in [-0.1, -0.05) is 0 Å². The van der Waals surface area contributed by atoms with Gasteiger partial charge >= 0.3 is 0 Å². The molecular formula is C10H8Br2N2O2S. The van der Waals surface area contributed by atoms with E-state index in [0.29, 0.717) is 20.5 Å². The van der Waals surface area contributed by atoms with Gasteiger partial charge in [-0.25, -0.2) is 0 Å². The van der Waals surface area contributed by atoms with Crippen molar-refractivity contribution in [2.24, 2.45) is 4.99 Å². The molecule has 0 radical (unpaired) electrons. The highest BCUT2D eigenvalue weighted by Gasteiger charge is 2.30. The largest absolute Gasteiger partial charge is 0.449 e. The van der Waals surface area contributed by atoms with Gasteiger partial charge in [0.15, 0.2) is 9.84 Å². The number of furan rings is 1. The number of halogens is 2. The molecule has 0 aromatic carbocycles. The van der Waals surface area contributed by atoms with Gasteiger partial charge in [-0.15, -0.1) is 0 Å². The van der Waals surface area contributed by atoms with E-state index in [1.807, 2.05) is 0 Å². The van der Waals surface area contributed by atoms with Crippen LogP contribution in [0.25, 0.3) is 6.08 Å². The number of amides is 1. The summed E-state index contributed by atoms with van der Waals surface area (Å²) in [6.45, 7) is 0. The summed E-state index contributed by atoms with van der Waals surface area (Å²) in [4.78, 5) is 18.0. The minimum Gasteiger partial charge on any atom is -0.449 e. The molecule has 0 bridgehead atoms. The van der Waals surface area contributed by atoms with Crippen LogP contribution in [0.5, 0.6) is 0 Å². The van der Waals surface area contributed by atoms with Crippen LogP contribution in [0.1, 0.15) is 5.76 Å². The highest BCUT2D eigenvalue weighted by molar-refractivity contribution is 9.13. The first kappa shape index (κ1) is 12.9. The van der Waals surface area contributed by atoms with E-state index >= 15 is 0 Å². The van der Waals surface area contributed by atoms with Crippen molar-refractivity contribution in [1.29, 1.82) is 0 Å². The maximum Gasteiger partial charge on any atom is 0.266 e. The number of aliphatic imine (C=N–C) groups is 1. The summed E-state index contributed by atoms with van der Waals surface area (Å²) in [6.07, 6.45) is 1.71. The Hall–Kier alpha value is -0.530. The average molecular weight is 380 g/mol. The van der Waals surface area contributed by atoms with Gasteiger partial charge in [0.05, 0.1) is 9.38 Å². The molecule has 0 unspecified atom stereocenters. The zero-order valence-corrected chi connectivity index (χ0v) is 13.0. The van der Waals surface area contributed by atoms with E-state index in [2.05, 4.69) is 36.9 Å². The van der Waals surface area contributed by atoms with Crippen LogP contribution >= 0.6 is 43.6 Å². The quantitative estimate of drug-likeness (QED) is 0.703. The number of likely N-dealkylation sites (N-methyl/N-ethyl adjacent to an activating group) is 1. The Morgan fingerprint density at radius 3 is 2.71 bits per heavy atom. The Labute approximate surface area is 119 Å². The summed E-state index contributed by atoms with van der Waals surface area (Å²) in [5.74, 6) is 0.546. The summed E-state index contributed by atoms with van der Waals surface area (Å²) in [5.41, 5.74) is 0. The van der Waals surface area contributed by atoms with E-state index in [9.17, 15) is 4.79 Å². The lowest BCUT2D eigenvalue weighted by Crippen LogP contribution is -2.23. The lowest BCUT2D eigenvalue weighted by atomic mass is 10.4. The third-order valence-electron chi connectivity index (χ3n) is 2.13. The Bertz CT molecular complexity index is 517. The van der Waals surface area contributed by atoms with Crippen LogP contribution in [-0.4, -0.2) is 30.1 Å². The van der Waals surface area contributed by atoms with Crippen molar-refractivity contribution >= 4 is 60.8 Å². The van der Waals surface area contributed by atoms with Crippen LogP contribution in [-0.2, 0) is 4.79 Å². The molecule has 1 aromatic rings. The number of amidine groups is 1. The maximum absolute atomic E-state index is 11.9. The van der Waals surface area contributed by atoms with Gasteiger partial charge in [0.2, 0.25) is 0 Å². The number of carbonyl (C=O) groups is 1. The molecule has 1 aromatic heterocycles. The monoisotopic (exact) mass is 378 g/mol. The summed E-state index contributed by atoms with van der Waals surface area (Å²) >= 11 is 7.91. The Kier molecular flexibility index (Phi) is 3.79. The number of hydrogen-bond acceptors (Lipinski definition) is 4. The molecule has 90 valence electrons. The lowest BCUT2D eigenvalue weighted by Gasteiger charge is -2.04. The molecule has 0 spiro atoms. The van der Waals surface area contributed by atoms with Crippen LogP contribution in [0.2, 0.25) is 0 Å². The summed E-state index contributed by atoms with van der Waals surface area (Å²) < 4.78 is 6.82. The van der Waals surface area contributed by atoms with Gasteiger partial charge in [-0.2, -0.15) is 0 Å². The summed E-state index contributed by atoms with van der Waals surface area (Å²) in [7, 11) is 3.36. The molecule has 1 aliphatic rings. The molecule has 17 heavy (non-hydrogen) atoms. The van der Waals surface area contributed by atoms with Crippen molar-refractivity contribution in [2.45, 2.75) is 0 Å². The van der Waals surface area contributed by atoms with Crippen molar-refractivity contribution in [3.05, 3.63) is 25.9 Å². The van der Waals surface area contributed by atoms with Crippen molar-refractivity contribution in [3.8, 4) is 0 Å². The predicted molar refractivity (Wildman–Crippen MR) is 75.8 cm³/mol. The number of carbonyl (C=O) groups excluding carboxylic acids is 1. The third kappa shape index (κ3) is 2.51. The average Bonchev–Trinajstić information content (AvgIpc) is 2.74. The van der Waals surface area contributed by atoms with Crippen LogP contribution in [0, 0.1) is 0 Å². The molecule has 0 aliphatic carbocycles. The van der Waals surface area contributed by atoms with E-state index in [-0.39, 0.29) is 5.91 Å². The van der Waals surface area contributed by atoms with Crippen LogP contribution in [0.3, 0.4) is 0 Å². The van der Waals surface area contributed by atoms with Gasteiger partial charge in [-0.3, -0.25) is 14.7 Å². The van der Waals surface area contributed by atoms with Gasteiger partial charge in [0, 0.05) is 20.2 Å². The highest BCUT2D eigenvalue weighted by atomic mass is 79.9. The molecule has 0 N–H and O–H groups in total. The molecular weight excluding hydrogens is 372 g/mol. The van der Waals surface area contributed by atoms with E-state index in [4.69, 9.17) is 4.42 Å². The van der Waals surface area contributed by atoms with Crippen molar-refractivity contribution in [1.82, 2.24) is 4.90 Å². The third-order valence-corrected chi connectivity index (χ3v) is 4.99. The number of thioether (sulfide) groups is 1. The number of hydrogen-bond donors (Lipinski definition) is 0. The zero-order valence-electron chi connectivity index (χ0n) is 9.03. The first-order valence-electron chi connectivity index (χ1n) is 4.62. The Balaban J connectivity index is 2.33. The molecule has 1 fully saturated rings. The van der Waals surface area contributed by atoms with E-state index in [0.717, 1.165) is 4.47 Å². The van der Waals surface area contributed by atoms with E-state index in [1.165, 1.54) is 16.7 Å². The van der Waals surface area contributed by atoms with E-state index in [1.54, 1.807) is 26.2 Å². The van der Waals surface area contributed by atoms with Crippen LogP contribution in [0.15, 0.2) is 29.5 Å². The fourth-order valence-electron chi connectivity index (χ4n) is 1.31. The van der Waals surface area contributed by atoms with Gasteiger partial charge in [0.25, 0.3) is 5.91 Å². The Morgan fingerprint density at radius 2 is 2.24 bits per heavy atom. The second kappa shape index (κ2) is 4.99. The van der Waals surface area contributed by atoms with Gasteiger partial charge < -0.3 is 4.42 Å². The zero-order chi connectivity index (χ0) is 12.6. The molecule has 2 heterocycles. The second-order valence-corrected chi connectivity index (χ2v) is 5.84. The molecule has 1 saturated heterocycles. The summed E-state index contributed by atoms with van der Waals surface area (Å²) in [5, 5.41) is 0.686. The van der Waals surface area contributed by atoms with E-state index < -0.39 is 0 Å². The standard InChI is InChI=1S/C10H8Br2N2O2S/c1-13-10-14(2)9(15)7(17-10)4-5-3-6(11)8(12)16-5/h3-4H,1-2H3/b7-4+,13-10?. The lowest BCUT2D eigenvalue weighted by molar-refractivity contribution is -0.121. The first-order valence-corrected chi connectivity index (χ1v) is 7.02. The molecule has 7 heteroatoms. The van der Waals surface area contributed by atoms with Crippen molar-refractivity contribution < 1.29 is 9.21 Å². The molecule has 1 amide bonds. The van der Waals surface area contributed by atoms with Gasteiger partial charge in [0.1, 0.15) is 5.76 Å². The molecule has 2 rings (SSSR count).